The number of amides is 1. The Labute approximate surface area is 137 Å². The van der Waals surface area contributed by atoms with Crippen LogP contribution in [0.5, 0.6) is 0 Å². The van der Waals surface area contributed by atoms with Gasteiger partial charge in [0.15, 0.2) is 0 Å². The van der Waals surface area contributed by atoms with E-state index in [1.807, 2.05) is 19.1 Å². The van der Waals surface area contributed by atoms with Gasteiger partial charge in [0.1, 0.15) is 0 Å². The van der Waals surface area contributed by atoms with E-state index in [4.69, 9.17) is 5.73 Å². The fourth-order valence-electron chi connectivity index (χ4n) is 2.45. The third-order valence-corrected chi connectivity index (χ3v) is 3.70. The Morgan fingerprint density at radius 1 is 1.17 bits per heavy atom. The van der Waals surface area contributed by atoms with Gasteiger partial charge in [-0.05, 0) is 24.8 Å². The first-order valence-corrected chi connectivity index (χ1v) is 7.77. The van der Waals surface area contributed by atoms with Crippen molar-refractivity contribution >= 4 is 11.9 Å². The molecule has 1 aromatic carbocycles. The van der Waals surface area contributed by atoms with E-state index in [0.717, 1.165) is 5.56 Å². The number of aromatic nitrogens is 2. The Hall–Kier alpha value is -2.43. The normalized spacial score (nSPS) is 11.3. The SMILES string of the molecule is CCNC(=O)c1c(C)nc(N)nc1-c1ccc(C(C)(C)C)cc1. The van der Waals surface area contributed by atoms with Crippen LogP contribution in [-0.2, 0) is 5.41 Å². The van der Waals surface area contributed by atoms with Gasteiger partial charge in [-0.2, -0.15) is 0 Å². The molecular weight excluding hydrogens is 288 g/mol. The molecule has 2 rings (SSSR count). The lowest BCUT2D eigenvalue weighted by atomic mass is 9.86. The van der Waals surface area contributed by atoms with E-state index in [1.54, 1.807) is 6.92 Å². The highest BCUT2D eigenvalue weighted by Gasteiger charge is 2.20. The molecule has 0 saturated heterocycles. The molecule has 0 unspecified atom stereocenters. The Bertz CT molecular complexity index is 715. The van der Waals surface area contributed by atoms with Gasteiger partial charge in [-0.15, -0.1) is 0 Å². The number of anilines is 1. The van der Waals surface area contributed by atoms with Gasteiger partial charge in [0, 0.05) is 12.1 Å². The number of hydrogen-bond donors (Lipinski definition) is 2. The van der Waals surface area contributed by atoms with Gasteiger partial charge in [-0.3, -0.25) is 4.79 Å². The minimum Gasteiger partial charge on any atom is -0.368 e. The van der Waals surface area contributed by atoms with E-state index in [0.29, 0.717) is 23.5 Å². The topological polar surface area (TPSA) is 80.9 Å². The minimum atomic E-state index is -0.181. The summed E-state index contributed by atoms with van der Waals surface area (Å²) in [6.45, 7) is 10.7. The predicted octanol–water partition coefficient (Wildman–Crippen LogP) is 3.08. The number of carbonyl (C=O) groups excluding carboxylic acids is 1. The number of aryl methyl sites for hydroxylation is 1. The highest BCUT2D eigenvalue weighted by Crippen LogP contribution is 2.28. The molecule has 1 amide bonds. The molecule has 0 spiro atoms. The van der Waals surface area contributed by atoms with Gasteiger partial charge in [0.25, 0.3) is 5.91 Å². The number of rotatable bonds is 3. The Morgan fingerprint density at radius 3 is 2.30 bits per heavy atom. The predicted molar refractivity (Wildman–Crippen MR) is 93.3 cm³/mol. The average molecular weight is 312 g/mol. The second kappa shape index (κ2) is 6.36. The molecule has 5 nitrogen and oxygen atoms in total. The standard InChI is InChI=1S/C18H24N4O/c1-6-20-16(23)14-11(2)21-17(19)22-15(14)12-7-9-13(10-8-12)18(3,4)5/h7-10H,6H2,1-5H3,(H,20,23)(H2,19,21,22). The molecule has 1 heterocycles. The molecule has 0 aliphatic heterocycles. The summed E-state index contributed by atoms with van der Waals surface area (Å²) in [5, 5.41) is 2.81. The smallest absolute Gasteiger partial charge is 0.255 e. The van der Waals surface area contributed by atoms with Gasteiger partial charge in [-0.1, -0.05) is 45.0 Å². The maximum absolute atomic E-state index is 12.4. The third-order valence-electron chi connectivity index (χ3n) is 3.70. The third kappa shape index (κ3) is 3.67. The molecule has 0 bridgehead atoms. The van der Waals surface area contributed by atoms with Crippen LogP contribution in [0, 0.1) is 6.92 Å². The summed E-state index contributed by atoms with van der Waals surface area (Å²) in [6, 6.07) is 8.07. The lowest BCUT2D eigenvalue weighted by Gasteiger charge is -2.19. The van der Waals surface area contributed by atoms with Crippen LogP contribution in [0.3, 0.4) is 0 Å². The summed E-state index contributed by atoms with van der Waals surface area (Å²) in [5.41, 5.74) is 9.56. The molecule has 3 N–H and O–H groups in total. The fourth-order valence-corrected chi connectivity index (χ4v) is 2.45. The largest absolute Gasteiger partial charge is 0.368 e. The maximum Gasteiger partial charge on any atom is 0.255 e. The zero-order valence-electron chi connectivity index (χ0n) is 14.4. The average Bonchev–Trinajstić information content (AvgIpc) is 2.45. The lowest BCUT2D eigenvalue weighted by molar-refractivity contribution is 0.0955. The van der Waals surface area contributed by atoms with Gasteiger partial charge in [-0.25, -0.2) is 9.97 Å². The molecule has 0 saturated carbocycles. The molecule has 0 atom stereocenters. The van der Waals surface area contributed by atoms with Gasteiger partial charge in [0.2, 0.25) is 5.95 Å². The van der Waals surface area contributed by atoms with Gasteiger partial charge < -0.3 is 11.1 Å². The minimum absolute atomic E-state index is 0.0710. The second-order valence-corrected chi connectivity index (χ2v) is 6.58. The zero-order valence-corrected chi connectivity index (χ0v) is 14.4. The number of nitrogens with zero attached hydrogens (tertiary/aromatic N) is 2. The summed E-state index contributed by atoms with van der Waals surface area (Å²) in [5.74, 6) is -0.00894. The van der Waals surface area contributed by atoms with E-state index in [1.165, 1.54) is 5.56 Å². The molecule has 0 fully saturated rings. The highest BCUT2D eigenvalue weighted by molar-refractivity contribution is 6.01. The van der Waals surface area contributed by atoms with Crippen molar-refractivity contribution in [3.8, 4) is 11.3 Å². The van der Waals surface area contributed by atoms with Crippen LogP contribution in [0.2, 0.25) is 0 Å². The highest BCUT2D eigenvalue weighted by atomic mass is 16.1. The molecule has 122 valence electrons. The van der Waals surface area contributed by atoms with Crippen LogP contribution >= 0.6 is 0 Å². The van der Waals surface area contributed by atoms with Crippen molar-refractivity contribution in [1.29, 1.82) is 0 Å². The van der Waals surface area contributed by atoms with Crippen LogP contribution in [0.25, 0.3) is 11.3 Å². The van der Waals surface area contributed by atoms with Gasteiger partial charge in [0.05, 0.1) is 17.0 Å². The van der Waals surface area contributed by atoms with E-state index >= 15 is 0 Å². The first-order chi connectivity index (χ1) is 10.7. The molecule has 23 heavy (non-hydrogen) atoms. The fraction of sp³-hybridized carbons (Fsp3) is 0.389. The number of nitrogens with two attached hydrogens (primary N) is 1. The quantitative estimate of drug-likeness (QED) is 0.912. The summed E-state index contributed by atoms with van der Waals surface area (Å²) in [7, 11) is 0. The molecule has 1 aromatic heterocycles. The van der Waals surface area contributed by atoms with Crippen LogP contribution < -0.4 is 11.1 Å². The first-order valence-electron chi connectivity index (χ1n) is 7.77. The van der Waals surface area contributed by atoms with E-state index < -0.39 is 0 Å². The summed E-state index contributed by atoms with van der Waals surface area (Å²) in [4.78, 5) is 20.8. The van der Waals surface area contributed by atoms with Crippen LogP contribution in [0.4, 0.5) is 5.95 Å². The van der Waals surface area contributed by atoms with Crippen molar-refractivity contribution in [2.45, 2.75) is 40.0 Å². The van der Waals surface area contributed by atoms with Crippen molar-refractivity contribution in [2.75, 3.05) is 12.3 Å². The molecule has 0 aliphatic rings. The van der Waals surface area contributed by atoms with Gasteiger partial charge >= 0.3 is 0 Å². The Kier molecular flexibility index (Phi) is 4.68. The first kappa shape index (κ1) is 16.9. The molecule has 5 heteroatoms. The summed E-state index contributed by atoms with van der Waals surface area (Å²) < 4.78 is 0. The number of nitrogen functional groups attached to an aromatic ring is 1. The van der Waals surface area contributed by atoms with Crippen molar-refractivity contribution in [3.05, 3.63) is 41.1 Å². The Balaban J connectivity index is 2.56. The van der Waals surface area contributed by atoms with Crippen LogP contribution in [0.15, 0.2) is 24.3 Å². The number of benzene rings is 1. The molecule has 0 aliphatic carbocycles. The van der Waals surface area contributed by atoms with Crippen molar-refractivity contribution in [1.82, 2.24) is 15.3 Å². The van der Waals surface area contributed by atoms with Crippen LogP contribution in [-0.4, -0.2) is 22.4 Å². The monoisotopic (exact) mass is 312 g/mol. The Morgan fingerprint density at radius 2 is 1.78 bits per heavy atom. The summed E-state index contributed by atoms with van der Waals surface area (Å²) in [6.07, 6.45) is 0. The molecule has 0 radical (unpaired) electrons. The number of nitrogens with one attached hydrogen (secondary N) is 1. The van der Waals surface area contributed by atoms with E-state index in [9.17, 15) is 4.79 Å². The van der Waals surface area contributed by atoms with E-state index in [-0.39, 0.29) is 17.3 Å². The molecular formula is C18H24N4O. The van der Waals surface area contributed by atoms with Crippen molar-refractivity contribution in [2.24, 2.45) is 0 Å². The van der Waals surface area contributed by atoms with E-state index in [2.05, 4.69) is 48.2 Å². The summed E-state index contributed by atoms with van der Waals surface area (Å²) >= 11 is 0. The maximum atomic E-state index is 12.4. The second-order valence-electron chi connectivity index (χ2n) is 6.58. The molecule has 2 aromatic rings. The lowest BCUT2D eigenvalue weighted by Crippen LogP contribution is -2.25. The van der Waals surface area contributed by atoms with Crippen molar-refractivity contribution in [3.63, 3.8) is 0 Å². The van der Waals surface area contributed by atoms with Crippen molar-refractivity contribution < 1.29 is 4.79 Å². The number of carbonyl (C=O) groups is 1. The zero-order chi connectivity index (χ0) is 17.2. The van der Waals surface area contributed by atoms with Crippen LogP contribution in [0.1, 0.15) is 49.3 Å². The number of hydrogen-bond acceptors (Lipinski definition) is 4.